The molecule has 0 aromatic rings. The van der Waals surface area contributed by atoms with Gasteiger partial charge in [-0.2, -0.15) is 0 Å². The normalized spacial score (nSPS) is 18.9. The van der Waals surface area contributed by atoms with Crippen LogP contribution in [0.25, 0.3) is 0 Å². The first-order chi connectivity index (χ1) is 7.58. The Morgan fingerprint density at radius 1 is 0.938 bits per heavy atom. The van der Waals surface area contributed by atoms with Gasteiger partial charge in [0.05, 0.1) is 5.60 Å². The Bertz CT molecular complexity index is 168. The molecular formula is C14H29NO. The number of unbranched alkanes of at least 4 members (excludes halogenated alkanes) is 2. The van der Waals surface area contributed by atoms with E-state index in [0.717, 1.165) is 6.61 Å². The van der Waals surface area contributed by atoms with E-state index in [9.17, 15) is 0 Å². The minimum atomic E-state index is 0.0346. The summed E-state index contributed by atoms with van der Waals surface area (Å²) in [4.78, 5) is 2.62. The van der Waals surface area contributed by atoms with Crippen LogP contribution in [0.15, 0.2) is 0 Å². The van der Waals surface area contributed by atoms with E-state index in [0.29, 0.717) is 0 Å². The first kappa shape index (κ1) is 14.0. The molecule has 0 bridgehead atoms. The third kappa shape index (κ3) is 7.24. The minimum Gasteiger partial charge on any atom is -0.376 e. The molecule has 1 aliphatic rings. The second kappa shape index (κ2) is 7.29. The average molecular weight is 227 g/mol. The van der Waals surface area contributed by atoms with E-state index < -0.39 is 0 Å². The number of piperidine rings is 1. The summed E-state index contributed by atoms with van der Waals surface area (Å²) in [5.74, 6) is 0. The van der Waals surface area contributed by atoms with Crippen LogP contribution in [0.1, 0.15) is 59.3 Å². The number of ether oxygens (including phenoxy) is 1. The third-order valence-corrected chi connectivity index (χ3v) is 3.10. The number of rotatable bonds is 6. The van der Waals surface area contributed by atoms with Gasteiger partial charge in [-0.3, -0.25) is 0 Å². The molecule has 1 saturated heterocycles. The lowest BCUT2D eigenvalue weighted by atomic mass is 10.1. The molecule has 1 rings (SSSR count). The van der Waals surface area contributed by atoms with E-state index in [1.54, 1.807) is 0 Å². The molecule has 0 amide bonds. The molecule has 1 fully saturated rings. The van der Waals surface area contributed by atoms with Crippen LogP contribution in [-0.4, -0.2) is 36.7 Å². The first-order valence-corrected chi connectivity index (χ1v) is 6.94. The van der Waals surface area contributed by atoms with Crippen molar-refractivity contribution in [2.45, 2.75) is 64.9 Å². The highest BCUT2D eigenvalue weighted by atomic mass is 16.5. The van der Waals surface area contributed by atoms with Crippen molar-refractivity contribution in [3.05, 3.63) is 0 Å². The maximum Gasteiger partial charge on any atom is 0.0598 e. The quantitative estimate of drug-likeness (QED) is 0.644. The molecule has 0 spiro atoms. The standard InChI is InChI=1S/C14H29NO/c1-14(2,3)16-13-9-5-8-12-15-10-6-4-7-11-15/h4-13H2,1-3H3. The van der Waals surface area contributed by atoms with Crippen molar-refractivity contribution in [1.29, 1.82) is 0 Å². The van der Waals surface area contributed by atoms with Gasteiger partial charge < -0.3 is 9.64 Å². The summed E-state index contributed by atoms with van der Waals surface area (Å²) < 4.78 is 5.71. The van der Waals surface area contributed by atoms with Gasteiger partial charge in [0.15, 0.2) is 0 Å². The van der Waals surface area contributed by atoms with Crippen LogP contribution in [0.2, 0.25) is 0 Å². The van der Waals surface area contributed by atoms with Crippen molar-refractivity contribution in [3.8, 4) is 0 Å². The van der Waals surface area contributed by atoms with Crippen LogP contribution >= 0.6 is 0 Å². The molecule has 0 unspecified atom stereocenters. The fourth-order valence-corrected chi connectivity index (χ4v) is 2.18. The fraction of sp³-hybridized carbons (Fsp3) is 1.00. The Hall–Kier alpha value is -0.0800. The molecule has 0 aliphatic carbocycles. The highest BCUT2D eigenvalue weighted by Gasteiger charge is 2.10. The lowest BCUT2D eigenvalue weighted by molar-refractivity contribution is -0.00491. The molecule has 0 aromatic carbocycles. The first-order valence-electron chi connectivity index (χ1n) is 6.94. The largest absolute Gasteiger partial charge is 0.376 e. The van der Waals surface area contributed by atoms with Crippen LogP contribution in [0.5, 0.6) is 0 Å². The molecule has 0 aromatic heterocycles. The summed E-state index contributed by atoms with van der Waals surface area (Å²) in [5, 5.41) is 0. The topological polar surface area (TPSA) is 12.5 Å². The summed E-state index contributed by atoms with van der Waals surface area (Å²) in [6.07, 6.45) is 8.13. The zero-order chi connectivity index (χ0) is 11.9. The van der Waals surface area contributed by atoms with Gasteiger partial charge in [0.25, 0.3) is 0 Å². The fourth-order valence-electron chi connectivity index (χ4n) is 2.18. The molecule has 96 valence electrons. The molecule has 0 N–H and O–H groups in total. The van der Waals surface area contributed by atoms with E-state index in [1.807, 2.05) is 0 Å². The Kier molecular flexibility index (Phi) is 6.37. The molecule has 2 heteroatoms. The van der Waals surface area contributed by atoms with Gasteiger partial charge in [0, 0.05) is 6.61 Å². The van der Waals surface area contributed by atoms with Crippen molar-refractivity contribution >= 4 is 0 Å². The van der Waals surface area contributed by atoms with Crippen LogP contribution in [0.4, 0.5) is 0 Å². The summed E-state index contributed by atoms with van der Waals surface area (Å²) in [6, 6.07) is 0. The van der Waals surface area contributed by atoms with Crippen LogP contribution in [0.3, 0.4) is 0 Å². The van der Waals surface area contributed by atoms with E-state index in [2.05, 4.69) is 25.7 Å². The molecule has 2 nitrogen and oxygen atoms in total. The van der Waals surface area contributed by atoms with Crippen LogP contribution < -0.4 is 0 Å². The van der Waals surface area contributed by atoms with Gasteiger partial charge >= 0.3 is 0 Å². The van der Waals surface area contributed by atoms with E-state index in [4.69, 9.17) is 4.74 Å². The predicted molar refractivity (Wildman–Crippen MR) is 69.8 cm³/mol. The summed E-state index contributed by atoms with van der Waals surface area (Å²) in [5.41, 5.74) is 0.0346. The lowest BCUT2D eigenvalue weighted by Crippen LogP contribution is -2.30. The Morgan fingerprint density at radius 2 is 1.62 bits per heavy atom. The maximum atomic E-state index is 5.71. The van der Waals surface area contributed by atoms with E-state index in [1.165, 1.54) is 58.2 Å². The second-order valence-electron chi connectivity index (χ2n) is 5.92. The third-order valence-electron chi connectivity index (χ3n) is 3.10. The Balaban J connectivity index is 1.87. The number of likely N-dealkylation sites (tertiary alicyclic amines) is 1. The van der Waals surface area contributed by atoms with Gasteiger partial charge in [0.2, 0.25) is 0 Å². The van der Waals surface area contributed by atoms with Crippen molar-refractivity contribution in [2.24, 2.45) is 0 Å². The zero-order valence-electron chi connectivity index (χ0n) is 11.4. The molecular weight excluding hydrogens is 198 g/mol. The predicted octanol–water partition coefficient (Wildman–Crippen LogP) is 3.46. The minimum absolute atomic E-state index is 0.0346. The smallest absolute Gasteiger partial charge is 0.0598 e. The van der Waals surface area contributed by atoms with Crippen molar-refractivity contribution in [2.75, 3.05) is 26.2 Å². The molecule has 16 heavy (non-hydrogen) atoms. The van der Waals surface area contributed by atoms with Gasteiger partial charge in [-0.25, -0.2) is 0 Å². The SMILES string of the molecule is CC(C)(C)OCCCCCN1CCCCC1. The zero-order valence-corrected chi connectivity index (χ0v) is 11.4. The highest BCUT2D eigenvalue weighted by molar-refractivity contribution is 4.64. The average Bonchev–Trinajstić information content (AvgIpc) is 2.23. The van der Waals surface area contributed by atoms with E-state index >= 15 is 0 Å². The molecule has 0 saturated carbocycles. The Morgan fingerprint density at radius 3 is 2.25 bits per heavy atom. The lowest BCUT2D eigenvalue weighted by Gasteiger charge is -2.26. The van der Waals surface area contributed by atoms with E-state index in [-0.39, 0.29) is 5.60 Å². The van der Waals surface area contributed by atoms with Crippen molar-refractivity contribution < 1.29 is 4.74 Å². The molecule has 1 heterocycles. The van der Waals surface area contributed by atoms with Gasteiger partial charge in [-0.15, -0.1) is 0 Å². The van der Waals surface area contributed by atoms with Crippen molar-refractivity contribution in [3.63, 3.8) is 0 Å². The summed E-state index contributed by atoms with van der Waals surface area (Å²) in [7, 11) is 0. The highest BCUT2D eigenvalue weighted by Crippen LogP contribution is 2.11. The number of hydrogen-bond acceptors (Lipinski definition) is 2. The molecule has 0 atom stereocenters. The van der Waals surface area contributed by atoms with Gasteiger partial charge in [-0.05, 0) is 72.5 Å². The summed E-state index contributed by atoms with van der Waals surface area (Å²) in [6.45, 7) is 11.3. The molecule has 1 aliphatic heterocycles. The molecule has 0 radical (unpaired) electrons. The van der Waals surface area contributed by atoms with Crippen LogP contribution in [-0.2, 0) is 4.74 Å². The Labute approximate surface area is 101 Å². The van der Waals surface area contributed by atoms with Crippen molar-refractivity contribution in [1.82, 2.24) is 4.90 Å². The maximum absolute atomic E-state index is 5.71. The van der Waals surface area contributed by atoms with Gasteiger partial charge in [0.1, 0.15) is 0 Å². The number of nitrogens with zero attached hydrogens (tertiary/aromatic N) is 1. The van der Waals surface area contributed by atoms with Crippen LogP contribution in [0, 0.1) is 0 Å². The monoisotopic (exact) mass is 227 g/mol. The van der Waals surface area contributed by atoms with Gasteiger partial charge in [-0.1, -0.05) is 6.42 Å². The number of hydrogen-bond donors (Lipinski definition) is 0. The second-order valence-corrected chi connectivity index (χ2v) is 5.92. The summed E-state index contributed by atoms with van der Waals surface area (Å²) >= 11 is 0.